The number of hydrogen-bond acceptors (Lipinski definition) is 5. The first-order chi connectivity index (χ1) is 11.4. The largest absolute Gasteiger partial charge is 0.462 e. The van der Waals surface area contributed by atoms with Crippen LogP contribution in [0.1, 0.15) is 35.0 Å². The summed E-state index contributed by atoms with van der Waals surface area (Å²) in [6, 6.07) is 9.07. The second-order valence-corrected chi connectivity index (χ2v) is 5.32. The third kappa shape index (κ3) is 3.87. The molecule has 0 aliphatic rings. The molecule has 0 spiro atoms. The lowest BCUT2D eigenvalue weighted by molar-refractivity contribution is -0.386. The highest BCUT2D eigenvalue weighted by Crippen LogP contribution is 2.16. The Morgan fingerprint density at radius 1 is 1.29 bits per heavy atom. The topological polar surface area (TPSA) is 91.4 Å². The molecule has 0 N–H and O–H groups in total. The monoisotopic (exact) mass is 330 g/mol. The van der Waals surface area contributed by atoms with E-state index in [0.29, 0.717) is 17.7 Å². The third-order valence-electron chi connectivity index (χ3n) is 3.56. The van der Waals surface area contributed by atoms with Crippen molar-refractivity contribution in [1.29, 1.82) is 0 Å². The van der Waals surface area contributed by atoms with E-state index in [-0.39, 0.29) is 23.5 Å². The van der Waals surface area contributed by atoms with Crippen LogP contribution >= 0.6 is 0 Å². The van der Waals surface area contributed by atoms with Crippen LogP contribution in [0.3, 0.4) is 0 Å². The second kappa shape index (κ2) is 7.54. The molecule has 1 aromatic heterocycles. The minimum absolute atomic E-state index is 0.117. The van der Waals surface area contributed by atoms with Crippen molar-refractivity contribution >= 4 is 11.7 Å². The van der Waals surface area contributed by atoms with E-state index in [1.54, 1.807) is 24.3 Å². The van der Waals surface area contributed by atoms with Crippen LogP contribution in [0.4, 0.5) is 5.69 Å². The number of carbonyl (C=O) groups excluding carboxylic acids is 1. The lowest BCUT2D eigenvalue weighted by Gasteiger charge is -2.11. The van der Waals surface area contributed by atoms with Gasteiger partial charge in [0.25, 0.3) is 11.2 Å². The Balaban J connectivity index is 2.32. The van der Waals surface area contributed by atoms with Gasteiger partial charge in [-0.1, -0.05) is 19.1 Å². The summed E-state index contributed by atoms with van der Waals surface area (Å²) >= 11 is 0. The van der Waals surface area contributed by atoms with E-state index in [2.05, 4.69) is 0 Å². The van der Waals surface area contributed by atoms with Crippen molar-refractivity contribution < 1.29 is 14.5 Å². The SMILES string of the molecule is CCCOC(=O)c1cccc(Cn2c(C)c([N+](=O)[O-])ccc2=O)c1. The van der Waals surface area contributed by atoms with Crippen LogP contribution in [-0.2, 0) is 11.3 Å². The zero-order valence-electron chi connectivity index (χ0n) is 13.5. The van der Waals surface area contributed by atoms with E-state index in [1.165, 1.54) is 23.6 Å². The minimum atomic E-state index is -0.524. The van der Waals surface area contributed by atoms with Gasteiger partial charge in [-0.2, -0.15) is 0 Å². The summed E-state index contributed by atoms with van der Waals surface area (Å²) in [5.74, 6) is -0.429. The molecular weight excluding hydrogens is 312 g/mol. The molecule has 0 unspecified atom stereocenters. The highest BCUT2D eigenvalue weighted by Gasteiger charge is 2.15. The standard InChI is InChI=1S/C17H18N2O5/c1-3-9-24-17(21)14-6-4-5-13(10-14)11-18-12(2)15(19(22)23)7-8-16(18)20/h4-8,10H,3,9,11H2,1-2H3. The van der Waals surface area contributed by atoms with Crippen molar-refractivity contribution in [2.45, 2.75) is 26.8 Å². The van der Waals surface area contributed by atoms with E-state index in [9.17, 15) is 19.7 Å². The number of aromatic nitrogens is 1. The first kappa shape index (κ1) is 17.4. The van der Waals surface area contributed by atoms with Gasteiger partial charge in [0.2, 0.25) is 0 Å². The molecule has 7 heteroatoms. The Hall–Kier alpha value is -2.96. The molecule has 126 valence electrons. The predicted molar refractivity (Wildman–Crippen MR) is 88.2 cm³/mol. The number of carbonyl (C=O) groups is 1. The fourth-order valence-corrected chi connectivity index (χ4v) is 2.31. The fourth-order valence-electron chi connectivity index (χ4n) is 2.31. The maximum Gasteiger partial charge on any atom is 0.338 e. The molecule has 0 atom stereocenters. The van der Waals surface area contributed by atoms with E-state index in [4.69, 9.17) is 4.74 Å². The Morgan fingerprint density at radius 3 is 2.71 bits per heavy atom. The molecule has 24 heavy (non-hydrogen) atoms. The molecule has 7 nitrogen and oxygen atoms in total. The fraction of sp³-hybridized carbons (Fsp3) is 0.294. The first-order valence-electron chi connectivity index (χ1n) is 7.55. The molecule has 2 rings (SSSR count). The second-order valence-electron chi connectivity index (χ2n) is 5.32. The lowest BCUT2D eigenvalue weighted by Crippen LogP contribution is -2.23. The number of hydrogen-bond donors (Lipinski definition) is 0. The van der Waals surface area contributed by atoms with E-state index in [1.807, 2.05) is 6.92 Å². The summed E-state index contributed by atoms with van der Waals surface area (Å²) in [6.45, 7) is 3.91. The van der Waals surface area contributed by atoms with E-state index in [0.717, 1.165) is 6.42 Å². The van der Waals surface area contributed by atoms with Crippen molar-refractivity contribution in [2.75, 3.05) is 6.61 Å². The summed E-state index contributed by atoms with van der Waals surface area (Å²) in [4.78, 5) is 34.4. The third-order valence-corrected chi connectivity index (χ3v) is 3.56. The molecule has 1 aromatic carbocycles. The molecule has 0 saturated heterocycles. The van der Waals surface area contributed by atoms with Crippen molar-refractivity contribution in [3.63, 3.8) is 0 Å². The number of benzene rings is 1. The van der Waals surface area contributed by atoms with Crippen molar-refractivity contribution in [1.82, 2.24) is 4.57 Å². The molecule has 0 amide bonds. The van der Waals surface area contributed by atoms with Crippen LogP contribution in [0.25, 0.3) is 0 Å². The van der Waals surface area contributed by atoms with Crippen LogP contribution in [0, 0.1) is 17.0 Å². The minimum Gasteiger partial charge on any atom is -0.462 e. The molecule has 0 saturated carbocycles. The Kier molecular flexibility index (Phi) is 5.47. The molecule has 0 radical (unpaired) electrons. The van der Waals surface area contributed by atoms with Crippen LogP contribution in [0.5, 0.6) is 0 Å². The number of nitrogens with zero attached hydrogens (tertiary/aromatic N) is 2. The average molecular weight is 330 g/mol. The summed E-state index contributed by atoms with van der Waals surface area (Å²) < 4.78 is 6.40. The number of ether oxygens (including phenoxy) is 1. The van der Waals surface area contributed by atoms with Gasteiger partial charge in [0, 0.05) is 12.1 Å². The molecule has 0 fully saturated rings. The average Bonchev–Trinajstić information content (AvgIpc) is 2.56. The van der Waals surface area contributed by atoms with Gasteiger partial charge in [0.05, 0.1) is 29.3 Å². The van der Waals surface area contributed by atoms with Gasteiger partial charge >= 0.3 is 5.97 Å². The number of rotatable bonds is 6. The zero-order valence-corrected chi connectivity index (χ0v) is 13.5. The van der Waals surface area contributed by atoms with Crippen LogP contribution in [-0.4, -0.2) is 22.1 Å². The highest BCUT2D eigenvalue weighted by molar-refractivity contribution is 5.89. The quantitative estimate of drug-likeness (QED) is 0.461. The van der Waals surface area contributed by atoms with Gasteiger partial charge in [-0.3, -0.25) is 14.9 Å². The van der Waals surface area contributed by atoms with Crippen LogP contribution in [0.15, 0.2) is 41.2 Å². The van der Waals surface area contributed by atoms with Gasteiger partial charge in [0.15, 0.2) is 0 Å². The normalized spacial score (nSPS) is 10.4. The maximum absolute atomic E-state index is 12.0. The van der Waals surface area contributed by atoms with Crippen molar-refractivity contribution in [3.05, 3.63) is 73.7 Å². The molecule has 2 aromatic rings. The summed E-state index contributed by atoms with van der Waals surface area (Å²) in [5.41, 5.74) is 0.889. The summed E-state index contributed by atoms with van der Waals surface area (Å²) in [6.07, 6.45) is 0.730. The smallest absolute Gasteiger partial charge is 0.338 e. The summed E-state index contributed by atoms with van der Waals surface area (Å²) in [5, 5.41) is 11.0. The summed E-state index contributed by atoms with van der Waals surface area (Å²) in [7, 11) is 0. The molecule has 0 aliphatic heterocycles. The Labute approximate surface area is 138 Å². The maximum atomic E-state index is 12.0. The molecular formula is C17H18N2O5. The lowest BCUT2D eigenvalue weighted by atomic mass is 10.1. The van der Waals surface area contributed by atoms with Gasteiger partial charge in [0.1, 0.15) is 0 Å². The van der Waals surface area contributed by atoms with Gasteiger partial charge in [-0.15, -0.1) is 0 Å². The van der Waals surface area contributed by atoms with Crippen LogP contribution in [0.2, 0.25) is 0 Å². The number of nitro groups is 1. The number of pyridine rings is 1. The zero-order chi connectivity index (χ0) is 17.7. The Morgan fingerprint density at radius 2 is 2.04 bits per heavy atom. The van der Waals surface area contributed by atoms with Crippen molar-refractivity contribution in [3.8, 4) is 0 Å². The molecule has 1 heterocycles. The first-order valence-corrected chi connectivity index (χ1v) is 7.55. The Bertz CT molecular complexity index is 826. The predicted octanol–water partition coefficient (Wildman–Crippen LogP) is 2.68. The highest BCUT2D eigenvalue weighted by atomic mass is 16.6. The molecule has 0 bridgehead atoms. The van der Waals surface area contributed by atoms with Gasteiger partial charge in [-0.05, 0) is 31.0 Å². The van der Waals surface area contributed by atoms with E-state index < -0.39 is 10.9 Å². The van der Waals surface area contributed by atoms with E-state index >= 15 is 0 Å². The van der Waals surface area contributed by atoms with Crippen molar-refractivity contribution in [2.24, 2.45) is 0 Å². The van der Waals surface area contributed by atoms with Gasteiger partial charge in [-0.25, -0.2) is 4.79 Å². The van der Waals surface area contributed by atoms with Gasteiger partial charge < -0.3 is 9.30 Å². The number of esters is 1. The van der Waals surface area contributed by atoms with Crippen LogP contribution < -0.4 is 5.56 Å². The molecule has 0 aliphatic carbocycles.